The number of rotatable bonds is 17. The summed E-state index contributed by atoms with van der Waals surface area (Å²) in [6, 6.07) is 7.61. The molecule has 13 nitrogen and oxygen atoms in total. The van der Waals surface area contributed by atoms with E-state index in [9.17, 15) is 24.0 Å². The molecule has 0 aliphatic carbocycles. The molecule has 0 saturated carbocycles. The largest absolute Gasteiger partial charge is 0.467 e. The van der Waals surface area contributed by atoms with Crippen LogP contribution in [0.3, 0.4) is 0 Å². The number of likely N-dealkylation sites (N-methyl/N-ethyl adjacent to an activating group) is 1. The first-order valence-electron chi connectivity index (χ1n) is 17.1. The number of benzene rings is 1. The van der Waals surface area contributed by atoms with Crippen molar-refractivity contribution in [2.24, 2.45) is 11.8 Å². The second-order valence-electron chi connectivity index (χ2n) is 13.8. The molecule has 1 aliphatic heterocycles. The molecule has 0 aromatic heterocycles. The molecule has 49 heavy (non-hydrogen) atoms. The summed E-state index contributed by atoms with van der Waals surface area (Å²) in [5.74, 6) is -2.19. The zero-order chi connectivity index (χ0) is 36.9. The average Bonchev–Trinajstić information content (AvgIpc) is 3.55. The fourth-order valence-corrected chi connectivity index (χ4v) is 6.40. The van der Waals surface area contributed by atoms with Crippen LogP contribution in [0.4, 0.5) is 4.79 Å². The van der Waals surface area contributed by atoms with E-state index in [4.69, 9.17) is 18.9 Å². The fraction of sp³-hybridized carbons (Fsp3) is 0.694. The third-order valence-corrected chi connectivity index (χ3v) is 9.17. The Bertz CT molecular complexity index is 1240. The lowest BCUT2D eigenvalue weighted by molar-refractivity contribution is -0.148. The number of amides is 4. The van der Waals surface area contributed by atoms with Crippen molar-refractivity contribution in [1.82, 2.24) is 20.4 Å². The molecule has 1 saturated heterocycles. The molecule has 0 radical (unpaired) electrons. The van der Waals surface area contributed by atoms with Crippen LogP contribution < -0.4 is 10.6 Å². The molecule has 1 aromatic carbocycles. The highest BCUT2D eigenvalue weighted by Gasteiger charge is 2.42. The normalized spacial score (nSPS) is 18.3. The topological polar surface area (TPSA) is 153 Å². The minimum atomic E-state index is -0.889. The fourth-order valence-electron chi connectivity index (χ4n) is 6.40. The van der Waals surface area contributed by atoms with Gasteiger partial charge < -0.3 is 39.4 Å². The van der Waals surface area contributed by atoms with E-state index < -0.39 is 47.9 Å². The van der Waals surface area contributed by atoms with Gasteiger partial charge in [0.1, 0.15) is 18.2 Å². The van der Waals surface area contributed by atoms with Crippen molar-refractivity contribution in [1.29, 1.82) is 0 Å². The molecule has 4 amide bonds. The Morgan fingerprint density at radius 3 is 2.22 bits per heavy atom. The molecule has 276 valence electrons. The summed E-state index contributed by atoms with van der Waals surface area (Å²) >= 11 is 0. The highest BCUT2D eigenvalue weighted by molar-refractivity contribution is 5.86. The average molecular weight is 691 g/mol. The first-order chi connectivity index (χ1) is 23.1. The molecule has 1 aromatic rings. The van der Waals surface area contributed by atoms with Crippen LogP contribution in [0, 0.1) is 11.8 Å². The number of methoxy groups -OCH3 is 3. The number of nitrogens with one attached hydrogen (secondary N) is 2. The van der Waals surface area contributed by atoms with Crippen LogP contribution in [0.15, 0.2) is 30.3 Å². The Balaban J connectivity index is 2.17. The van der Waals surface area contributed by atoms with Gasteiger partial charge in [0, 0.05) is 34.2 Å². The van der Waals surface area contributed by atoms with Gasteiger partial charge in [-0.2, -0.15) is 0 Å². The lowest BCUT2D eigenvalue weighted by Gasteiger charge is -2.39. The summed E-state index contributed by atoms with van der Waals surface area (Å²) in [7, 11) is 5.96. The number of ether oxygens (including phenoxy) is 4. The molecule has 1 unspecified atom stereocenters. The number of carbonyl (C=O) groups is 5. The molecule has 7 atom stereocenters. The minimum Gasteiger partial charge on any atom is -0.467 e. The van der Waals surface area contributed by atoms with Gasteiger partial charge in [-0.3, -0.25) is 14.4 Å². The molecule has 0 spiro atoms. The van der Waals surface area contributed by atoms with E-state index >= 15 is 0 Å². The number of nitrogens with zero attached hydrogens (tertiary/aromatic N) is 2. The smallest absolute Gasteiger partial charge is 0.408 e. The number of hydrogen-bond donors (Lipinski definition) is 2. The Labute approximate surface area is 291 Å². The van der Waals surface area contributed by atoms with Crippen LogP contribution >= 0.6 is 0 Å². The van der Waals surface area contributed by atoms with Crippen molar-refractivity contribution >= 4 is 29.8 Å². The van der Waals surface area contributed by atoms with Crippen LogP contribution in [-0.4, -0.2) is 117 Å². The molecule has 13 heteroatoms. The van der Waals surface area contributed by atoms with E-state index in [0.29, 0.717) is 13.0 Å². The second kappa shape index (κ2) is 19.5. The minimum absolute atomic E-state index is 0.00236. The summed E-state index contributed by atoms with van der Waals surface area (Å²) in [6.07, 6.45) is 0.366. The van der Waals surface area contributed by atoms with E-state index in [1.54, 1.807) is 39.6 Å². The summed E-state index contributed by atoms with van der Waals surface area (Å²) in [5.41, 5.74) is 0.168. The second-order valence-corrected chi connectivity index (χ2v) is 13.8. The van der Waals surface area contributed by atoms with Gasteiger partial charge in [-0.05, 0) is 45.1 Å². The molecule has 1 heterocycles. The zero-order valence-electron chi connectivity index (χ0n) is 30.9. The lowest BCUT2D eigenvalue weighted by Crippen LogP contribution is -2.55. The van der Waals surface area contributed by atoms with Crippen molar-refractivity contribution in [3.63, 3.8) is 0 Å². The number of alkyl carbamates (subject to hydrolysis) is 1. The third-order valence-electron chi connectivity index (χ3n) is 9.17. The molecule has 1 fully saturated rings. The van der Waals surface area contributed by atoms with Crippen molar-refractivity contribution in [2.45, 2.75) is 110 Å². The molecular weight excluding hydrogens is 632 g/mol. The van der Waals surface area contributed by atoms with Gasteiger partial charge >= 0.3 is 12.1 Å². The van der Waals surface area contributed by atoms with Crippen LogP contribution in [0.1, 0.15) is 72.8 Å². The van der Waals surface area contributed by atoms with Crippen LogP contribution in [0.2, 0.25) is 0 Å². The molecule has 2 N–H and O–H groups in total. The summed E-state index contributed by atoms with van der Waals surface area (Å²) in [5, 5.41) is 5.35. The van der Waals surface area contributed by atoms with Gasteiger partial charge in [0.15, 0.2) is 0 Å². The van der Waals surface area contributed by atoms with Gasteiger partial charge in [0.2, 0.25) is 17.7 Å². The zero-order valence-corrected chi connectivity index (χ0v) is 30.9. The first kappa shape index (κ1) is 41.5. The predicted octanol–water partition coefficient (Wildman–Crippen LogP) is 3.33. The predicted molar refractivity (Wildman–Crippen MR) is 184 cm³/mol. The summed E-state index contributed by atoms with van der Waals surface area (Å²) in [6.45, 7) is 11.1. The molecule has 2 rings (SSSR count). The maximum absolute atomic E-state index is 14.0. The number of carbonyl (C=O) groups excluding carboxylic acids is 5. The SMILES string of the molecule is CC[C@H](C)[C@@H]([C@@H](CC(=O)N1CCC[C@H]1[C@H](OC)[C@@H](C)C(=O)NC(Cc1ccccc1)C(=O)OC)OC)N(C)C(=O)CNC(=O)OC(C)(C)C. The Kier molecular flexibility index (Phi) is 16.5. The van der Waals surface area contributed by atoms with Gasteiger partial charge in [0.25, 0.3) is 0 Å². The summed E-state index contributed by atoms with van der Waals surface area (Å²) in [4.78, 5) is 68.7. The highest BCUT2D eigenvalue weighted by atomic mass is 16.6. The van der Waals surface area contributed by atoms with Crippen molar-refractivity contribution in [3.8, 4) is 0 Å². The van der Waals surface area contributed by atoms with Crippen LogP contribution in [0.5, 0.6) is 0 Å². The number of hydrogen-bond acceptors (Lipinski definition) is 9. The lowest BCUT2D eigenvalue weighted by atomic mass is 9.90. The van der Waals surface area contributed by atoms with Crippen molar-refractivity contribution < 1.29 is 42.9 Å². The monoisotopic (exact) mass is 690 g/mol. The maximum Gasteiger partial charge on any atom is 0.408 e. The van der Waals surface area contributed by atoms with Gasteiger partial charge in [0.05, 0.1) is 43.7 Å². The number of esters is 1. The van der Waals surface area contributed by atoms with E-state index in [-0.39, 0.29) is 49.1 Å². The van der Waals surface area contributed by atoms with Gasteiger partial charge in [-0.15, -0.1) is 0 Å². The maximum atomic E-state index is 14.0. The van der Waals surface area contributed by atoms with Gasteiger partial charge in [-0.1, -0.05) is 57.5 Å². The van der Waals surface area contributed by atoms with E-state index in [1.807, 2.05) is 44.2 Å². The van der Waals surface area contributed by atoms with Gasteiger partial charge in [-0.25, -0.2) is 9.59 Å². The van der Waals surface area contributed by atoms with Crippen LogP contribution in [-0.2, 0) is 44.5 Å². The Morgan fingerprint density at radius 2 is 1.67 bits per heavy atom. The Hall–Kier alpha value is -3.71. The van der Waals surface area contributed by atoms with Crippen molar-refractivity contribution in [2.75, 3.05) is 41.5 Å². The standard InChI is InChI=1S/C36H58N4O9/c1-11-23(2)31(39(7)30(42)22-37-35(45)49-36(4,5)6)28(46-8)21-29(41)40-19-15-18-27(40)32(47-9)24(3)33(43)38-26(34(44)48-10)20-25-16-13-12-14-17-25/h12-14,16-17,23-24,26-28,31-32H,11,15,18-22H2,1-10H3,(H,37,45)(H,38,43)/t23-,24+,26?,27-,28+,31-,32+/m0/s1. The Morgan fingerprint density at radius 1 is 1.02 bits per heavy atom. The first-order valence-corrected chi connectivity index (χ1v) is 17.1. The quantitative estimate of drug-likeness (QED) is 0.235. The molecule has 0 bridgehead atoms. The van der Waals surface area contributed by atoms with Crippen LogP contribution in [0.25, 0.3) is 0 Å². The third kappa shape index (κ3) is 12.3. The van der Waals surface area contributed by atoms with E-state index in [0.717, 1.165) is 18.4 Å². The van der Waals surface area contributed by atoms with E-state index in [1.165, 1.54) is 26.2 Å². The molecule has 1 aliphatic rings. The van der Waals surface area contributed by atoms with E-state index in [2.05, 4.69) is 10.6 Å². The summed E-state index contributed by atoms with van der Waals surface area (Å²) < 4.78 is 22.0. The number of likely N-dealkylation sites (tertiary alicyclic amines) is 1. The van der Waals surface area contributed by atoms with Crippen molar-refractivity contribution in [3.05, 3.63) is 35.9 Å². The highest BCUT2D eigenvalue weighted by Crippen LogP contribution is 2.29. The molecular formula is C36H58N4O9.